The summed E-state index contributed by atoms with van der Waals surface area (Å²) in [5.41, 5.74) is 0.832. The third-order valence-corrected chi connectivity index (χ3v) is 3.87. The van der Waals surface area contributed by atoms with Gasteiger partial charge in [0.2, 0.25) is 0 Å². The van der Waals surface area contributed by atoms with Crippen LogP contribution in [-0.2, 0) is 13.6 Å². The summed E-state index contributed by atoms with van der Waals surface area (Å²) in [5, 5.41) is 9.63. The molecule has 5 heteroatoms. The Balaban J connectivity index is 2.76. The monoisotopic (exact) mass is 242 g/mol. The lowest BCUT2D eigenvalue weighted by atomic mass is 10.2. The number of hydrogen-bond acceptors (Lipinski definition) is 4. The van der Waals surface area contributed by atoms with E-state index in [1.54, 1.807) is 0 Å². The smallest absolute Gasteiger partial charge is 0.337 e. The van der Waals surface area contributed by atoms with Gasteiger partial charge in [-0.2, -0.15) is 0 Å². The number of benzene rings is 1. The summed E-state index contributed by atoms with van der Waals surface area (Å²) in [7, 11) is -0.609. The topological polar surface area (TPSA) is 55.8 Å². The Kier molecular flexibility index (Phi) is 4.74. The average molecular weight is 242 g/mol. The largest absolute Gasteiger partial charge is 0.512 e. The van der Waals surface area contributed by atoms with E-state index < -0.39 is 7.60 Å². The van der Waals surface area contributed by atoms with Crippen molar-refractivity contribution in [3.63, 3.8) is 0 Å². The Bertz CT molecular complexity index is 392. The maximum atomic E-state index is 11.7. The van der Waals surface area contributed by atoms with Crippen molar-refractivity contribution in [2.75, 3.05) is 20.4 Å². The highest BCUT2D eigenvalue weighted by Crippen LogP contribution is 2.47. The van der Waals surface area contributed by atoms with Crippen LogP contribution in [0.5, 0.6) is 0 Å². The van der Waals surface area contributed by atoms with Crippen molar-refractivity contribution < 1.29 is 18.7 Å². The predicted octanol–water partition coefficient (Wildman–Crippen LogP) is 3.07. The molecule has 0 aliphatic rings. The standard InChI is InChI=1S/C11H15O4P/c1-14-16(13,15-2)9-11(12)8-10-6-4-3-5-7-10/h3-8,12H,9H2,1-2H3. The molecule has 0 heterocycles. The fourth-order valence-corrected chi connectivity index (χ4v) is 2.08. The first-order chi connectivity index (χ1) is 7.59. The van der Waals surface area contributed by atoms with Crippen molar-refractivity contribution in [3.05, 3.63) is 41.7 Å². The molecule has 0 unspecified atom stereocenters. The van der Waals surface area contributed by atoms with Crippen molar-refractivity contribution in [2.45, 2.75) is 0 Å². The second-order valence-electron chi connectivity index (χ2n) is 3.18. The second-order valence-corrected chi connectivity index (χ2v) is 5.45. The van der Waals surface area contributed by atoms with Gasteiger partial charge in [0.05, 0.1) is 0 Å². The van der Waals surface area contributed by atoms with Gasteiger partial charge in [-0.25, -0.2) is 0 Å². The minimum Gasteiger partial charge on any atom is -0.512 e. The Morgan fingerprint density at radius 3 is 2.38 bits per heavy atom. The van der Waals surface area contributed by atoms with Gasteiger partial charge < -0.3 is 14.2 Å². The molecule has 1 N–H and O–H groups in total. The van der Waals surface area contributed by atoms with Gasteiger partial charge in [0.25, 0.3) is 0 Å². The van der Waals surface area contributed by atoms with Crippen LogP contribution in [-0.4, -0.2) is 25.5 Å². The Hall–Kier alpha value is -1.09. The molecule has 88 valence electrons. The van der Waals surface area contributed by atoms with Crippen molar-refractivity contribution in [3.8, 4) is 0 Å². The first kappa shape index (κ1) is 13.0. The molecular formula is C11H15O4P. The molecule has 0 fully saturated rings. The lowest BCUT2D eigenvalue weighted by Gasteiger charge is -2.12. The minimum absolute atomic E-state index is 0.0294. The second kappa shape index (κ2) is 5.85. The third kappa shape index (κ3) is 3.81. The first-order valence-electron chi connectivity index (χ1n) is 4.75. The zero-order valence-electron chi connectivity index (χ0n) is 9.29. The van der Waals surface area contributed by atoms with Gasteiger partial charge in [0.1, 0.15) is 11.9 Å². The first-order valence-corrected chi connectivity index (χ1v) is 6.47. The van der Waals surface area contributed by atoms with E-state index in [-0.39, 0.29) is 11.9 Å². The van der Waals surface area contributed by atoms with Gasteiger partial charge in [0.15, 0.2) is 0 Å². The fourth-order valence-electron chi connectivity index (χ4n) is 1.19. The van der Waals surface area contributed by atoms with Gasteiger partial charge >= 0.3 is 7.60 Å². The van der Waals surface area contributed by atoms with E-state index >= 15 is 0 Å². The zero-order chi connectivity index (χ0) is 12.0. The molecule has 0 amide bonds. The molecule has 4 nitrogen and oxygen atoms in total. The molecule has 0 saturated carbocycles. The molecule has 0 radical (unpaired) electrons. The van der Waals surface area contributed by atoms with E-state index in [9.17, 15) is 9.67 Å². The van der Waals surface area contributed by atoms with E-state index in [4.69, 9.17) is 9.05 Å². The minimum atomic E-state index is -3.19. The molecule has 0 aliphatic carbocycles. The van der Waals surface area contributed by atoms with Crippen LogP contribution < -0.4 is 0 Å². The van der Waals surface area contributed by atoms with Crippen LogP contribution in [0.15, 0.2) is 36.1 Å². The summed E-state index contributed by atoms with van der Waals surface area (Å²) in [6, 6.07) is 9.25. The highest BCUT2D eigenvalue weighted by atomic mass is 31.2. The van der Waals surface area contributed by atoms with Crippen LogP contribution in [0.2, 0.25) is 0 Å². The van der Waals surface area contributed by atoms with Gasteiger partial charge in [-0.15, -0.1) is 0 Å². The molecule has 0 spiro atoms. The fraction of sp³-hybridized carbons (Fsp3) is 0.273. The molecular weight excluding hydrogens is 227 g/mol. The predicted molar refractivity (Wildman–Crippen MR) is 63.5 cm³/mol. The van der Waals surface area contributed by atoms with Crippen LogP contribution in [0.1, 0.15) is 5.56 Å². The number of hydrogen-bond donors (Lipinski definition) is 1. The summed E-state index contributed by atoms with van der Waals surface area (Å²) >= 11 is 0. The number of allylic oxidation sites excluding steroid dienone is 1. The van der Waals surface area contributed by atoms with Crippen molar-refractivity contribution in [1.29, 1.82) is 0 Å². The highest BCUT2D eigenvalue weighted by Gasteiger charge is 2.22. The number of rotatable bonds is 5. The molecule has 0 bridgehead atoms. The van der Waals surface area contributed by atoms with Crippen LogP contribution in [0.25, 0.3) is 6.08 Å². The number of aliphatic hydroxyl groups is 1. The van der Waals surface area contributed by atoms with Gasteiger partial charge in [-0.3, -0.25) is 4.57 Å². The van der Waals surface area contributed by atoms with Crippen molar-refractivity contribution >= 4 is 13.7 Å². The summed E-state index contributed by atoms with van der Waals surface area (Å²) < 4.78 is 21.2. The molecule has 0 aromatic heterocycles. The third-order valence-electron chi connectivity index (χ3n) is 2.04. The maximum absolute atomic E-state index is 11.7. The molecule has 0 saturated heterocycles. The highest BCUT2D eigenvalue weighted by molar-refractivity contribution is 7.54. The average Bonchev–Trinajstić information content (AvgIpc) is 2.30. The van der Waals surface area contributed by atoms with Gasteiger partial charge in [0, 0.05) is 14.2 Å². The lowest BCUT2D eigenvalue weighted by Crippen LogP contribution is -1.97. The van der Waals surface area contributed by atoms with Crippen LogP contribution in [0.3, 0.4) is 0 Å². The Labute approximate surface area is 95.1 Å². The van der Waals surface area contributed by atoms with Gasteiger partial charge in [-0.1, -0.05) is 30.3 Å². The zero-order valence-corrected chi connectivity index (χ0v) is 10.2. The summed E-state index contributed by atoms with van der Waals surface area (Å²) in [4.78, 5) is 0. The maximum Gasteiger partial charge on any atom is 0.337 e. The molecule has 16 heavy (non-hydrogen) atoms. The van der Waals surface area contributed by atoms with Crippen molar-refractivity contribution in [1.82, 2.24) is 0 Å². The van der Waals surface area contributed by atoms with Crippen LogP contribution in [0.4, 0.5) is 0 Å². The van der Waals surface area contributed by atoms with Crippen LogP contribution in [0, 0.1) is 0 Å². The summed E-state index contributed by atoms with van der Waals surface area (Å²) in [5.74, 6) is -0.0294. The SMILES string of the molecule is COP(=O)(CC(O)=Cc1ccccc1)OC. The molecule has 0 atom stereocenters. The molecule has 0 aliphatic heterocycles. The van der Waals surface area contributed by atoms with E-state index in [0.717, 1.165) is 5.56 Å². The van der Waals surface area contributed by atoms with E-state index in [0.29, 0.717) is 0 Å². The normalized spacial score (nSPS) is 12.8. The van der Waals surface area contributed by atoms with Crippen molar-refractivity contribution in [2.24, 2.45) is 0 Å². The number of aliphatic hydroxyl groups excluding tert-OH is 1. The van der Waals surface area contributed by atoms with E-state index in [1.807, 2.05) is 30.3 Å². The molecule has 1 aromatic carbocycles. The molecule has 1 rings (SSSR count). The van der Waals surface area contributed by atoms with E-state index in [2.05, 4.69) is 0 Å². The van der Waals surface area contributed by atoms with Crippen LogP contribution >= 0.6 is 7.60 Å². The van der Waals surface area contributed by atoms with E-state index in [1.165, 1.54) is 20.3 Å². The molecule has 1 aromatic rings. The quantitative estimate of drug-likeness (QED) is 0.636. The Morgan fingerprint density at radius 2 is 1.88 bits per heavy atom. The summed E-state index contributed by atoms with van der Waals surface area (Å²) in [6.07, 6.45) is 1.40. The Morgan fingerprint density at radius 1 is 1.31 bits per heavy atom. The summed E-state index contributed by atoms with van der Waals surface area (Å²) in [6.45, 7) is 0. The lowest BCUT2D eigenvalue weighted by molar-refractivity contribution is 0.272. The van der Waals surface area contributed by atoms with Gasteiger partial charge in [-0.05, 0) is 11.6 Å².